The molecular formula is C16H24FNO4. The van der Waals surface area contributed by atoms with E-state index in [9.17, 15) is 14.3 Å². The lowest BCUT2D eigenvalue weighted by Crippen LogP contribution is -2.36. The topological polar surface area (TPSA) is 67.8 Å². The van der Waals surface area contributed by atoms with Crippen molar-refractivity contribution in [3.05, 3.63) is 29.6 Å². The number of halogens is 1. The number of amides is 1. The average molecular weight is 313 g/mol. The predicted molar refractivity (Wildman–Crippen MR) is 81.5 cm³/mol. The van der Waals surface area contributed by atoms with Gasteiger partial charge in [0.1, 0.15) is 5.60 Å². The second-order valence-corrected chi connectivity index (χ2v) is 6.07. The van der Waals surface area contributed by atoms with Crippen LogP contribution in [0.5, 0.6) is 5.75 Å². The Morgan fingerprint density at radius 2 is 2.09 bits per heavy atom. The van der Waals surface area contributed by atoms with Gasteiger partial charge in [-0.05, 0) is 38.8 Å². The first-order valence-corrected chi connectivity index (χ1v) is 7.16. The predicted octanol–water partition coefficient (Wildman–Crippen LogP) is 2.51. The first kappa shape index (κ1) is 18.2. The molecule has 6 heteroatoms. The fourth-order valence-corrected chi connectivity index (χ4v) is 1.93. The van der Waals surface area contributed by atoms with Gasteiger partial charge in [-0.25, -0.2) is 9.18 Å². The van der Waals surface area contributed by atoms with E-state index in [0.29, 0.717) is 5.56 Å². The standard InChI is InChI=1S/C16H24FNO4/c1-16(2,3)22-15(20)18-9-11(10-19)8-12-6-5-7-13(21-4)14(12)17/h5-7,11,19H,8-10H2,1-4H3,(H,18,20). The fourth-order valence-electron chi connectivity index (χ4n) is 1.93. The fraction of sp³-hybridized carbons (Fsp3) is 0.562. The average Bonchev–Trinajstić information content (AvgIpc) is 2.43. The van der Waals surface area contributed by atoms with Crippen LogP contribution in [0.1, 0.15) is 26.3 Å². The van der Waals surface area contributed by atoms with E-state index < -0.39 is 17.5 Å². The summed E-state index contributed by atoms with van der Waals surface area (Å²) in [5.74, 6) is -0.593. The van der Waals surface area contributed by atoms with Gasteiger partial charge in [-0.15, -0.1) is 0 Å². The van der Waals surface area contributed by atoms with Gasteiger partial charge in [0.15, 0.2) is 11.6 Å². The maximum absolute atomic E-state index is 14.1. The Morgan fingerprint density at radius 1 is 1.41 bits per heavy atom. The lowest BCUT2D eigenvalue weighted by atomic mass is 9.99. The zero-order chi connectivity index (χ0) is 16.8. The smallest absolute Gasteiger partial charge is 0.407 e. The SMILES string of the molecule is COc1cccc(CC(CO)CNC(=O)OC(C)(C)C)c1F. The van der Waals surface area contributed by atoms with Gasteiger partial charge in [-0.2, -0.15) is 0 Å². The van der Waals surface area contributed by atoms with Crippen molar-refractivity contribution in [2.24, 2.45) is 5.92 Å². The van der Waals surface area contributed by atoms with Crippen molar-refractivity contribution in [1.82, 2.24) is 5.32 Å². The minimum Gasteiger partial charge on any atom is -0.494 e. The molecule has 0 spiro atoms. The Bertz CT molecular complexity index is 499. The Labute approximate surface area is 130 Å². The first-order chi connectivity index (χ1) is 10.3. The molecule has 1 rings (SSSR count). The van der Waals surface area contributed by atoms with Gasteiger partial charge in [0.25, 0.3) is 0 Å². The molecule has 0 aliphatic heterocycles. The van der Waals surface area contributed by atoms with Crippen molar-refractivity contribution in [2.45, 2.75) is 32.8 Å². The summed E-state index contributed by atoms with van der Waals surface area (Å²) in [6.07, 6.45) is -0.271. The molecule has 1 amide bonds. The van der Waals surface area contributed by atoms with Gasteiger partial charge in [0.2, 0.25) is 0 Å². The number of nitrogens with one attached hydrogen (secondary N) is 1. The van der Waals surface area contributed by atoms with E-state index in [-0.39, 0.29) is 31.2 Å². The van der Waals surface area contributed by atoms with Crippen LogP contribution >= 0.6 is 0 Å². The highest BCUT2D eigenvalue weighted by Gasteiger charge is 2.19. The summed E-state index contributed by atoms with van der Waals surface area (Å²) in [6.45, 7) is 5.32. The third-order valence-electron chi connectivity index (χ3n) is 2.96. The van der Waals surface area contributed by atoms with Crippen molar-refractivity contribution < 1.29 is 23.8 Å². The summed E-state index contributed by atoms with van der Waals surface area (Å²) < 4.78 is 24.1. The highest BCUT2D eigenvalue weighted by atomic mass is 19.1. The van der Waals surface area contributed by atoms with E-state index in [4.69, 9.17) is 9.47 Å². The van der Waals surface area contributed by atoms with Crippen molar-refractivity contribution in [1.29, 1.82) is 0 Å². The summed E-state index contributed by atoms with van der Waals surface area (Å²) in [5.41, 5.74) is -0.151. The van der Waals surface area contributed by atoms with Crippen LogP contribution in [0.2, 0.25) is 0 Å². The number of aliphatic hydroxyl groups is 1. The number of carbonyl (C=O) groups excluding carboxylic acids is 1. The third kappa shape index (κ3) is 5.89. The molecular weight excluding hydrogens is 289 g/mol. The van der Waals surface area contributed by atoms with Crippen LogP contribution in [0.15, 0.2) is 18.2 Å². The van der Waals surface area contributed by atoms with Gasteiger partial charge >= 0.3 is 6.09 Å². The van der Waals surface area contributed by atoms with E-state index in [1.54, 1.807) is 32.9 Å². The molecule has 22 heavy (non-hydrogen) atoms. The molecule has 124 valence electrons. The number of rotatable bonds is 6. The molecule has 0 saturated carbocycles. The van der Waals surface area contributed by atoms with Gasteiger partial charge in [0, 0.05) is 19.1 Å². The number of alkyl carbamates (subject to hydrolysis) is 1. The largest absolute Gasteiger partial charge is 0.494 e. The van der Waals surface area contributed by atoms with E-state index in [1.807, 2.05) is 0 Å². The minimum absolute atomic E-state index is 0.161. The van der Waals surface area contributed by atoms with Crippen LogP contribution in [0.25, 0.3) is 0 Å². The summed E-state index contributed by atoms with van der Waals surface area (Å²) in [5, 5.41) is 12.0. The van der Waals surface area contributed by atoms with Crippen LogP contribution in [-0.4, -0.2) is 37.1 Å². The molecule has 2 N–H and O–H groups in total. The molecule has 0 aliphatic rings. The normalized spacial score (nSPS) is 12.6. The zero-order valence-electron chi connectivity index (χ0n) is 13.5. The van der Waals surface area contributed by atoms with Crippen molar-refractivity contribution in [2.75, 3.05) is 20.3 Å². The van der Waals surface area contributed by atoms with Gasteiger partial charge in [-0.1, -0.05) is 12.1 Å². The quantitative estimate of drug-likeness (QED) is 0.847. The zero-order valence-corrected chi connectivity index (χ0v) is 13.5. The number of benzene rings is 1. The summed E-state index contributed by atoms with van der Waals surface area (Å²) in [7, 11) is 1.40. The summed E-state index contributed by atoms with van der Waals surface area (Å²) in [4.78, 5) is 11.6. The third-order valence-corrected chi connectivity index (χ3v) is 2.96. The highest BCUT2D eigenvalue weighted by molar-refractivity contribution is 5.67. The molecule has 0 bridgehead atoms. The van der Waals surface area contributed by atoms with Gasteiger partial charge < -0.3 is 19.9 Å². The van der Waals surface area contributed by atoms with Crippen LogP contribution in [-0.2, 0) is 11.2 Å². The Kier molecular flexibility index (Phi) is 6.61. The van der Waals surface area contributed by atoms with E-state index in [2.05, 4.69) is 5.32 Å². The summed E-state index contributed by atoms with van der Waals surface area (Å²) in [6, 6.07) is 4.85. The molecule has 0 fully saturated rings. The monoisotopic (exact) mass is 313 g/mol. The van der Waals surface area contributed by atoms with Gasteiger partial charge in [-0.3, -0.25) is 0 Å². The molecule has 0 aromatic heterocycles. The minimum atomic E-state index is -0.586. The maximum Gasteiger partial charge on any atom is 0.407 e. The summed E-state index contributed by atoms with van der Waals surface area (Å²) >= 11 is 0. The van der Waals surface area contributed by atoms with Gasteiger partial charge in [0.05, 0.1) is 7.11 Å². The molecule has 0 heterocycles. The van der Waals surface area contributed by atoms with Crippen LogP contribution in [0, 0.1) is 11.7 Å². The molecule has 1 atom stereocenters. The molecule has 5 nitrogen and oxygen atoms in total. The molecule has 1 aromatic rings. The Balaban J connectivity index is 2.61. The van der Waals surface area contributed by atoms with E-state index in [0.717, 1.165) is 0 Å². The number of carbonyl (C=O) groups is 1. The lowest BCUT2D eigenvalue weighted by molar-refractivity contribution is 0.0512. The molecule has 0 radical (unpaired) electrons. The van der Waals surface area contributed by atoms with Crippen LogP contribution < -0.4 is 10.1 Å². The molecule has 0 saturated heterocycles. The number of methoxy groups -OCH3 is 1. The number of hydrogen-bond acceptors (Lipinski definition) is 4. The van der Waals surface area contributed by atoms with Crippen molar-refractivity contribution in [3.63, 3.8) is 0 Å². The second-order valence-electron chi connectivity index (χ2n) is 6.07. The molecule has 1 unspecified atom stereocenters. The number of hydrogen-bond donors (Lipinski definition) is 2. The van der Waals surface area contributed by atoms with Crippen LogP contribution in [0.3, 0.4) is 0 Å². The van der Waals surface area contributed by atoms with E-state index in [1.165, 1.54) is 13.2 Å². The van der Waals surface area contributed by atoms with Crippen molar-refractivity contribution in [3.8, 4) is 5.75 Å². The van der Waals surface area contributed by atoms with Crippen molar-refractivity contribution >= 4 is 6.09 Å². The molecule has 1 aromatic carbocycles. The lowest BCUT2D eigenvalue weighted by Gasteiger charge is -2.21. The number of aliphatic hydroxyl groups excluding tert-OH is 1. The molecule has 0 aliphatic carbocycles. The second kappa shape index (κ2) is 7.98. The highest BCUT2D eigenvalue weighted by Crippen LogP contribution is 2.22. The number of ether oxygens (including phenoxy) is 2. The first-order valence-electron chi connectivity index (χ1n) is 7.16. The Hall–Kier alpha value is -1.82. The Morgan fingerprint density at radius 3 is 2.64 bits per heavy atom. The maximum atomic E-state index is 14.1. The van der Waals surface area contributed by atoms with Crippen LogP contribution in [0.4, 0.5) is 9.18 Å². The van der Waals surface area contributed by atoms with E-state index >= 15 is 0 Å².